The maximum Gasteiger partial charge on any atom is 0.234 e. The molecule has 140 valence electrons. The number of nitrogens with two attached hydrogens (primary N) is 1. The summed E-state index contributed by atoms with van der Waals surface area (Å²) in [5, 5.41) is 3.35. The zero-order chi connectivity index (χ0) is 17.6. The lowest BCUT2D eigenvalue weighted by atomic mass is 9.48. The van der Waals surface area contributed by atoms with E-state index in [2.05, 4.69) is 17.1 Å². The van der Waals surface area contributed by atoms with Gasteiger partial charge in [-0.2, -0.15) is 0 Å². The van der Waals surface area contributed by atoms with Gasteiger partial charge in [0.1, 0.15) is 0 Å². The van der Waals surface area contributed by atoms with Gasteiger partial charge in [-0.1, -0.05) is 0 Å². The van der Waals surface area contributed by atoms with E-state index in [0.717, 1.165) is 43.7 Å². The van der Waals surface area contributed by atoms with Gasteiger partial charge in [0.15, 0.2) is 0 Å². The molecule has 3 N–H and O–H groups in total. The molecule has 1 aliphatic heterocycles. The van der Waals surface area contributed by atoms with E-state index >= 15 is 0 Å². The van der Waals surface area contributed by atoms with Gasteiger partial charge in [-0.3, -0.25) is 14.5 Å². The third-order valence-electron chi connectivity index (χ3n) is 7.74. The van der Waals surface area contributed by atoms with Crippen LogP contribution in [0.1, 0.15) is 58.3 Å². The maximum atomic E-state index is 12.6. The Labute approximate surface area is 151 Å². The van der Waals surface area contributed by atoms with Crippen LogP contribution in [-0.4, -0.2) is 42.4 Å². The predicted molar refractivity (Wildman–Crippen MR) is 96.6 cm³/mol. The van der Waals surface area contributed by atoms with Crippen LogP contribution in [0, 0.1) is 29.1 Å². The highest BCUT2D eigenvalue weighted by molar-refractivity contribution is 5.79. The number of amides is 2. The first-order valence-electron chi connectivity index (χ1n) is 10.2. The SMILES string of the molecule is CC(NC(=O)CN1CCC(C(N)=O)CC1)C12CC3CC(CC(C3)C1)C2. The average Bonchev–Trinajstić information content (AvgIpc) is 2.54. The summed E-state index contributed by atoms with van der Waals surface area (Å²) in [7, 11) is 0. The first kappa shape index (κ1) is 17.3. The van der Waals surface area contributed by atoms with E-state index in [4.69, 9.17) is 5.73 Å². The molecule has 1 atom stereocenters. The zero-order valence-corrected chi connectivity index (χ0v) is 15.5. The number of piperidine rings is 1. The summed E-state index contributed by atoms with van der Waals surface area (Å²) in [4.78, 5) is 26.0. The molecule has 25 heavy (non-hydrogen) atoms. The lowest BCUT2D eigenvalue weighted by Crippen LogP contribution is -2.57. The Balaban J connectivity index is 1.29. The van der Waals surface area contributed by atoms with E-state index < -0.39 is 0 Å². The van der Waals surface area contributed by atoms with Crippen molar-refractivity contribution in [3.8, 4) is 0 Å². The molecule has 1 heterocycles. The highest BCUT2D eigenvalue weighted by atomic mass is 16.2. The molecule has 5 fully saturated rings. The molecule has 4 saturated carbocycles. The van der Waals surface area contributed by atoms with Crippen LogP contribution >= 0.6 is 0 Å². The molecule has 5 rings (SSSR count). The van der Waals surface area contributed by atoms with Gasteiger partial charge in [-0.05, 0) is 94.5 Å². The second kappa shape index (κ2) is 6.57. The largest absolute Gasteiger partial charge is 0.369 e. The van der Waals surface area contributed by atoms with Crippen LogP contribution in [0.15, 0.2) is 0 Å². The molecule has 2 amide bonds. The van der Waals surface area contributed by atoms with Gasteiger partial charge < -0.3 is 11.1 Å². The molecule has 0 radical (unpaired) electrons. The van der Waals surface area contributed by atoms with E-state index in [1.165, 1.54) is 38.5 Å². The molecule has 1 saturated heterocycles. The van der Waals surface area contributed by atoms with Gasteiger partial charge in [0.25, 0.3) is 0 Å². The van der Waals surface area contributed by atoms with Crippen molar-refractivity contribution in [3.05, 3.63) is 0 Å². The predicted octanol–water partition coefficient (Wildman–Crippen LogP) is 1.90. The van der Waals surface area contributed by atoms with E-state index in [0.29, 0.717) is 12.0 Å². The second-order valence-corrected chi connectivity index (χ2v) is 9.52. The van der Waals surface area contributed by atoms with Crippen molar-refractivity contribution in [2.45, 2.75) is 64.3 Å². The number of nitrogens with one attached hydrogen (secondary N) is 1. The minimum absolute atomic E-state index is 0.00902. The van der Waals surface area contributed by atoms with Crippen molar-refractivity contribution in [2.75, 3.05) is 19.6 Å². The summed E-state index contributed by atoms with van der Waals surface area (Å²) in [6.07, 6.45) is 9.86. The first-order chi connectivity index (χ1) is 11.9. The molecular formula is C20H33N3O2. The van der Waals surface area contributed by atoms with E-state index in [-0.39, 0.29) is 23.8 Å². The minimum Gasteiger partial charge on any atom is -0.369 e. The quantitative estimate of drug-likeness (QED) is 0.798. The molecule has 4 aliphatic carbocycles. The van der Waals surface area contributed by atoms with Crippen LogP contribution in [-0.2, 0) is 9.59 Å². The Morgan fingerprint density at radius 3 is 2.08 bits per heavy atom. The number of hydrogen-bond acceptors (Lipinski definition) is 3. The van der Waals surface area contributed by atoms with E-state index in [9.17, 15) is 9.59 Å². The summed E-state index contributed by atoms with van der Waals surface area (Å²) in [6.45, 7) is 4.30. The van der Waals surface area contributed by atoms with Crippen molar-refractivity contribution in [1.29, 1.82) is 0 Å². The molecule has 5 aliphatic rings. The molecule has 5 heteroatoms. The van der Waals surface area contributed by atoms with Crippen LogP contribution < -0.4 is 11.1 Å². The molecule has 1 unspecified atom stereocenters. The van der Waals surface area contributed by atoms with Crippen molar-refractivity contribution < 1.29 is 9.59 Å². The number of likely N-dealkylation sites (tertiary alicyclic amines) is 1. The number of hydrogen-bond donors (Lipinski definition) is 2. The Morgan fingerprint density at radius 2 is 1.60 bits per heavy atom. The molecule has 5 nitrogen and oxygen atoms in total. The average molecular weight is 348 g/mol. The standard InChI is InChI=1S/C20H33N3O2/c1-13(20-9-14-6-15(10-20)8-16(7-14)11-20)22-18(24)12-23-4-2-17(3-5-23)19(21)25/h13-17H,2-12H2,1H3,(H2,21,25)(H,22,24). The third kappa shape index (κ3) is 3.44. The van der Waals surface area contributed by atoms with Gasteiger partial charge in [0.2, 0.25) is 11.8 Å². The molecule has 0 aromatic heterocycles. The molecule has 4 bridgehead atoms. The third-order valence-corrected chi connectivity index (χ3v) is 7.74. The topological polar surface area (TPSA) is 75.4 Å². The monoisotopic (exact) mass is 347 g/mol. The number of primary amides is 1. The van der Waals surface area contributed by atoms with Gasteiger partial charge in [0, 0.05) is 12.0 Å². The van der Waals surface area contributed by atoms with Crippen molar-refractivity contribution in [2.24, 2.45) is 34.8 Å². The normalized spacial score (nSPS) is 39.3. The van der Waals surface area contributed by atoms with Crippen LogP contribution in [0.25, 0.3) is 0 Å². The maximum absolute atomic E-state index is 12.6. The van der Waals surface area contributed by atoms with Crippen molar-refractivity contribution >= 4 is 11.8 Å². The lowest BCUT2D eigenvalue weighted by molar-refractivity contribution is -0.127. The molecule has 0 aromatic rings. The number of nitrogens with zero attached hydrogens (tertiary/aromatic N) is 1. The Bertz CT molecular complexity index is 504. The van der Waals surface area contributed by atoms with Gasteiger partial charge in [0.05, 0.1) is 6.54 Å². The van der Waals surface area contributed by atoms with Crippen molar-refractivity contribution in [1.82, 2.24) is 10.2 Å². The number of rotatable bonds is 5. The number of carbonyl (C=O) groups is 2. The van der Waals surface area contributed by atoms with E-state index in [1.807, 2.05) is 0 Å². The summed E-state index contributed by atoms with van der Waals surface area (Å²) < 4.78 is 0. The van der Waals surface area contributed by atoms with Crippen LogP contribution in [0.4, 0.5) is 0 Å². The number of carbonyl (C=O) groups excluding carboxylic acids is 2. The van der Waals surface area contributed by atoms with Crippen LogP contribution in [0.5, 0.6) is 0 Å². The zero-order valence-electron chi connectivity index (χ0n) is 15.5. The lowest BCUT2D eigenvalue weighted by Gasteiger charge is -2.59. The first-order valence-corrected chi connectivity index (χ1v) is 10.2. The van der Waals surface area contributed by atoms with Crippen molar-refractivity contribution in [3.63, 3.8) is 0 Å². The Hall–Kier alpha value is -1.10. The van der Waals surface area contributed by atoms with Gasteiger partial charge >= 0.3 is 0 Å². The molecular weight excluding hydrogens is 314 g/mol. The smallest absolute Gasteiger partial charge is 0.234 e. The Kier molecular flexibility index (Phi) is 4.55. The summed E-state index contributed by atoms with van der Waals surface area (Å²) in [5.74, 6) is 2.70. The highest BCUT2D eigenvalue weighted by Gasteiger charge is 2.53. The Morgan fingerprint density at radius 1 is 1.08 bits per heavy atom. The second-order valence-electron chi connectivity index (χ2n) is 9.52. The fourth-order valence-electron chi connectivity index (χ4n) is 6.73. The minimum atomic E-state index is -0.195. The van der Waals surface area contributed by atoms with Gasteiger partial charge in [-0.15, -0.1) is 0 Å². The highest BCUT2D eigenvalue weighted by Crippen LogP contribution is 2.61. The molecule has 0 aromatic carbocycles. The summed E-state index contributed by atoms with van der Waals surface area (Å²) >= 11 is 0. The molecule has 0 spiro atoms. The fourth-order valence-corrected chi connectivity index (χ4v) is 6.73. The van der Waals surface area contributed by atoms with Crippen LogP contribution in [0.3, 0.4) is 0 Å². The van der Waals surface area contributed by atoms with Crippen LogP contribution in [0.2, 0.25) is 0 Å². The summed E-state index contributed by atoms with van der Waals surface area (Å²) in [6, 6.07) is 0.288. The van der Waals surface area contributed by atoms with Gasteiger partial charge in [-0.25, -0.2) is 0 Å². The summed E-state index contributed by atoms with van der Waals surface area (Å²) in [5.41, 5.74) is 5.75. The van der Waals surface area contributed by atoms with E-state index in [1.54, 1.807) is 0 Å². The fraction of sp³-hybridized carbons (Fsp3) is 0.900.